The summed E-state index contributed by atoms with van der Waals surface area (Å²) in [7, 11) is 0. The molecule has 1 fully saturated rings. The molecule has 1 saturated heterocycles. The minimum atomic E-state index is 0.814. The quantitative estimate of drug-likeness (QED) is 0.680. The number of aryl methyl sites for hydroxylation is 1. The minimum absolute atomic E-state index is 0.814. The molecule has 1 aliphatic heterocycles. The SMILES string of the molecule is CCc1ccccc1NC(=S)N1CCN(c2nsc3ccccc23)CC1. The van der Waals surface area contributed by atoms with Crippen LogP contribution in [0.15, 0.2) is 48.5 Å². The molecule has 134 valence electrons. The van der Waals surface area contributed by atoms with Crippen LogP contribution >= 0.6 is 23.8 Å². The van der Waals surface area contributed by atoms with Crippen LogP contribution in [0.4, 0.5) is 11.5 Å². The van der Waals surface area contributed by atoms with Crippen molar-refractivity contribution in [1.29, 1.82) is 0 Å². The Bertz CT molecular complexity index is 913. The lowest BCUT2D eigenvalue weighted by molar-refractivity contribution is 0.390. The predicted molar refractivity (Wildman–Crippen MR) is 115 cm³/mol. The summed E-state index contributed by atoms with van der Waals surface area (Å²) in [4.78, 5) is 4.63. The molecule has 0 spiro atoms. The monoisotopic (exact) mass is 382 g/mol. The number of fused-ring (bicyclic) bond motifs is 1. The molecule has 0 aliphatic carbocycles. The number of rotatable bonds is 3. The van der Waals surface area contributed by atoms with Gasteiger partial charge in [0.05, 0.1) is 4.70 Å². The van der Waals surface area contributed by atoms with Crippen molar-refractivity contribution in [2.75, 3.05) is 36.4 Å². The van der Waals surface area contributed by atoms with Gasteiger partial charge in [-0.25, -0.2) is 0 Å². The number of nitrogens with one attached hydrogen (secondary N) is 1. The van der Waals surface area contributed by atoms with Crippen LogP contribution < -0.4 is 10.2 Å². The molecule has 3 aromatic rings. The summed E-state index contributed by atoms with van der Waals surface area (Å²) in [6.07, 6.45) is 0.996. The van der Waals surface area contributed by atoms with E-state index in [0.29, 0.717) is 0 Å². The summed E-state index contributed by atoms with van der Waals surface area (Å²) in [6.45, 7) is 5.86. The Morgan fingerprint density at radius 3 is 2.62 bits per heavy atom. The molecule has 1 N–H and O–H groups in total. The van der Waals surface area contributed by atoms with Gasteiger partial charge in [-0.15, -0.1) is 0 Å². The Labute approximate surface area is 163 Å². The maximum absolute atomic E-state index is 5.66. The van der Waals surface area contributed by atoms with E-state index in [1.165, 1.54) is 15.6 Å². The Hall–Kier alpha value is -2.18. The average Bonchev–Trinajstić information content (AvgIpc) is 3.12. The van der Waals surface area contributed by atoms with Crippen molar-refractivity contribution >= 4 is 50.5 Å². The molecule has 2 aromatic carbocycles. The van der Waals surface area contributed by atoms with Gasteiger partial charge in [-0.1, -0.05) is 37.3 Å². The summed E-state index contributed by atoms with van der Waals surface area (Å²) in [6, 6.07) is 16.8. The van der Waals surface area contributed by atoms with Crippen LogP contribution in [0, 0.1) is 0 Å². The van der Waals surface area contributed by atoms with Gasteiger partial charge < -0.3 is 15.1 Å². The van der Waals surface area contributed by atoms with Crippen molar-refractivity contribution in [3.05, 3.63) is 54.1 Å². The fourth-order valence-electron chi connectivity index (χ4n) is 3.37. The van der Waals surface area contributed by atoms with Crippen molar-refractivity contribution in [3.8, 4) is 0 Å². The van der Waals surface area contributed by atoms with Crippen LogP contribution in [-0.2, 0) is 6.42 Å². The van der Waals surface area contributed by atoms with E-state index < -0.39 is 0 Å². The fourth-order valence-corrected chi connectivity index (χ4v) is 4.46. The van der Waals surface area contributed by atoms with Gasteiger partial charge in [-0.05, 0) is 53.9 Å². The standard InChI is InChI=1S/C20H22N4S2/c1-2-15-7-3-5-9-17(15)21-20(25)24-13-11-23(12-14-24)19-16-8-4-6-10-18(16)26-22-19/h3-10H,2,11-14H2,1H3,(H,21,25). The van der Waals surface area contributed by atoms with Crippen LogP contribution in [0.5, 0.6) is 0 Å². The van der Waals surface area contributed by atoms with Gasteiger partial charge in [-0.2, -0.15) is 4.37 Å². The number of piperazine rings is 1. The topological polar surface area (TPSA) is 31.4 Å². The summed E-state index contributed by atoms with van der Waals surface area (Å²) in [5, 5.41) is 5.50. The van der Waals surface area contributed by atoms with Crippen LogP contribution in [0.1, 0.15) is 12.5 Å². The van der Waals surface area contributed by atoms with Crippen molar-refractivity contribution in [2.24, 2.45) is 0 Å². The van der Waals surface area contributed by atoms with Gasteiger partial charge in [0, 0.05) is 37.3 Å². The van der Waals surface area contributed by atoms with E-state index in [4.69, 9.17) is 12.2 Å². The summed E-state index contributed by atoms with van der Waals surface area (Å²) in [5.74, 6) is 1.11. The highest BCUT2D eigenvalue weighted by Gasteiger charge is 2.22. The van der Waals surface area contributed by atoms with Gasteiger partial charge in [0.1, 0.15) is 5.82 Å². The lowest BCUT2D eigenvalue weighted by atomic mass is 10.1. The van der Waals surface area contributed by atoms with Crippen molar-refractivity contribution < 1.29 is 0 Å². The Kier molecular flexibility index (Phi) is 5.04. The second kappa shape index (κ2) is 7.60. The number of anilines is 2. The maximum Gasteiger partial charge on any atom is 0.173 e. The second-order valence-corrected chi connectivity index (χ2v) is 7.61. The third-order valence-electron chi connectivity index (χ3n) is 4.86. The molecule has 0 amide bonds. The van der Waals surface area contributed by atoms with E-state index in [1.54, 1.807) is 11.5 Å². The number of hydrogen-bond acceptors (Lipinski definition) is 4. The first-order chi connectivity index (χ1) is 12.8. The zero-order valence-electron chi connectivity index (χ0n) is 14.8. The second-order valence-electron chi connectivity index (χ2n) is 6.42. The van der Waals surface area contributed by atoms with E-state index >= 15 is 0 Å². The highest BCUT2D eigenvalue weighted by atomic mass is 32.1. The first-order valence-corrected chi connectivity index (χ1v) is 10.2. The summed E-state index contributed by atoms with van der Waals surface area (Å²) >= 11 is 7.24. The Morgan fingerprint density at radius 2 is 1.81 bits per heavy atom. The zero-order valence-corrected chi connectivity index (χ0v) is 16.4. The molecule has 0 bridgehead atoms. The van der Waals surface area contributed by atoms with Gasteiger partial charge in [0.2, 0.25) is 0 Å². The molecule has 0 saturated carbocycles. The average molecular weight is 383 g/mol. The highest BCUT2D eigenvalue weighted by Crippen LogP contribution is 2.29. The number of para-hydroxylation sites is 1. The number of nitrogens with zero attached hydrogens (tertiary/aromatic N) is 3. The Morgan fingerprint density at radius 1 is 1.08 bits per heavy atom. The van der Waals surface area contributed by atoms with Crippen LogP contribution in [0.25, 0.3) is 10.1 Å². The molecule has 0 atom stereocenters. The molecule has 4 nitrogen and oxygen atoms in total. The first-order valence-electron chi connectivity index (χ1n) is 8.99. The highest BCUT2D eigenvalue weighted by molar-refractivity contribution is 7.80. The number of thiocarbonyl (C=S) groups is 1. The molecule has 2 heterocycles. The van der Waals surface area contributed by atoms with Crippen LogP contribution in [0.3, 0.4) is 0 Å². The van der Waals surface area contributed by atoms with E-state index in [-0.39, 0.29) is 0 Å². The molecule has 4 rings (SSSR count). The van der Waals surface area contributed by atoms with Gasteiger partial charge in [0.15, 0.2) is 5.11 Å². The van der Waals surface area contributed by atoms with Crippen molar-refractivity contribution in [3.63, 3.8) is 0 Å². The fraction of sp³-hybridized carbons (Fsp3) is 0.300. The molecule has 6 heteroatoms. The number of benzene rings is 2. The van der Waals surface area contributed by atoms with E-state index in [1.807, 2.05) is 0 Å². The van der Waals surface area contributed by atoms with E-state index in [2.05, 4.69) is 74.9 Å². The van der Waals surface area contributed by atoms with Crippen molar-refractivity contribution in [2.45, 2.75) is 13.3 Å². The zero-order chi connectivity index (χ0) is 17.9. The molecule has 1 aliphatic rings. The molecular formula is C20H22N4S2. The maximum atomic E-state index is 5.66. The Balaban J connectivity index is 1.41. The summed E-state index contributed by atoms with van der Waals surface area (Å²) in [5.41, 5.74) is 2.41. The normalized spacial score (nSPS) is 14.7. The predicted octanol–water partition coefficient (Wildman–Crippen LogP) is 4.38. The lowest BCUT2D eigenvalue weighted by Crippen LogP contribution is -2.50. The van der Waals surface area contributed by atoms with E-state index in [0.717, 1.165) is 49.2 Å². The molecule has 0 unspecified atom stereocenters. The molecule has 26 heavy (non-hydrogen) atoms. The third-order valence-corrected chi connectivity index (χ3v) is 6.04. The minimum Gasteiger partial charge on any atom is -0.352 e. The van der Waals surface area contributed by atoms with Crippen LogP contribution in [-0.4, -0.2) is 40.6 Å². The van der Waals surface area contributed by atoms with Gasteiger partial charge >= 0.3 is 0 Å². The smallest absolute Gasteiger partial charge is 0.173 e. The molecule has 1 aromatic heterocycles. The van der Waals surface area contributed by atoms with E-state index in [9.17, 15) is 0 Å². The largest absolute Gasteiger partial charge is 0.352 e. The van der Waals surface area contributed by atoms with Crippen molar-refractivity contribution in [1.82, 2.24) is 9.27 Å². The lowest BCUT2D eigenvalue weighted by Gasteiger charge is -2.36. The third kappa shape index (κ3) is 3.39. The number of aromatic nitrogens is 1. The van der Waals surface area contributed by atoms with Gasteiger partial charge in [-0.3, -0.25) is 0 Å². The van der Waals surface area contributed by atoms with Crippen LogP contribution in [0.2, 0.25) is 0 Å². The molecular weight excluding hydrogens is 360 g/mol. The molecule has 0 radical (unpaired) electrons. The summed E-state index contributed by atoms with van der Waals surface area (Å²) < 4.78 is 5.93. The first kappa shape index (κ1) is 17.2. The van der Waals surface area contributed by atoms with Gasteiger partial charge in [0.25, 0.3) is 0 Å². The number of hydrogen-bond donors (Lipinski definition) is 1.